The molecule has 0 bridgehead atoms. The van der Waals surface area contributed by atoms with Gasteiger partial charge in [0.25, 0.3) is 40.5 Å². The molecule has 6 rings (SSSR count). The Bertz CT molecular complexity index is 3140. The first kappa shape index (κ1) is 48.3. The lowest BCUT2D eigenvalue weighted by Crippen LogP contribution is -2.15. The van der Waals surface area contributed by atoms with E-state index in [1.807, 2.05) is 0 Å². The molecule has 0 aliphatic carbocycles. The summed E-state index contributed by atoms with van der Waals surface area (Å²) in [6.45, 7) is -0.534. The molecule has 1 fully saturated rings. The van der Waals surface area contributed by atoms with Crippen LogP contribution in [0, 0.1) is 0 Å². The minimum atomic E-state index is -4.83. The van der Waals surface area contributed by atoms with Crippen molar-refractivity contribution in [3.8, 4) is 5.75 Å². The monoisotopic (exact) mass is 998 g/mol. The van der Waals surface area contributed by atoms with E-state index in [2.05, 4.69) is 55.4 Å². The van der Waals surface area contributed by atoms with Crippen LogP contribution in [0.1, 0.15) is 16.8 Å². The van der Waals surface area contributed by atoms with Crippen molar-refractivity contribution in [2.24, 2.45) is 20.5 Å². The number of aldehydes is 1. The molecular formula is C33H30N10O17S5. The third-order valence-electron chi connectivity index (χ3n) is 8.25. The van der Waals surface area contributed by atoms with Crippen LogP contribution in [0.2, 0.25) is 0 Å². The highest BCUT2D eigenvalue weighted by molar-refractivity contribution is 7.94. The van der Waals surface area contributed by atoms with E-state index < -0.39 is 61.4 Å². The molecular weight excluding hydrogens is 969 g/mol. The first-order valence-electron chi connectivity index (χ1n) is 17.6. The van der Waals surface area contributed by atoms with Crippen LogP contribution < -0.4 is 20.3 Å². The summed E-state index contributed by atoms with van der Waals surface area (Å²) in [5, 5.41) is 32.2. The fraction of sp³-hybridized carbons (Fsp3) is 0.152. The zero-order valence-electron chi connectivity index (χ0n) is 32.2. The second kappa shape index (κ2) is 19.9. The highest BCUT2D eigenvalue weighted by atomic mass is 32.2. The van der Waals surface area contributed by atoms with Gasteiger partial charge in [0.05, 0.1) is 64.3 Å². The van der Waals surface area contributed by atoms with E-state index in [1.165, 1.54) is 54.6 Å². The molecule has 0 radical (unpaired) electrons. The highest BCUT2D eigenvalue weighted by Crippen LogP contribution is 2.37. The van der Waals surface area contributed by atoms with Crippen LogP contribution in [0.25, 0.3) is 0 Å². The van der Waals surface area contributed by atoms with Crippen LogP contribution in [-0.4, -0.2) is 103 Å². The van der Waals surface area contributed by atoms with Gasteiger partial charge in [-0.2, -0.15) is 64.0 Å². The van der Waals surface area contributed by atoms with Gasteiger partial charge in [-0.1, -0.05) is 11.1 Å². The molecule has 65 heavy (non-hydrogen) atoms. The Morgan fingerprint density at radius 3 is 2.02 bits per heavy atom. The predicted octanol–water partition coefficient (Wildman–Crippen LogP) is 5.61. The number of benzene rings is 4. The number of hydrogen-bond donors (Lipinski definition) is 7. The minimum absolute atomic E-state index is 0.00982. The van der Waals surface area contributed by atoms with Gasteiger partial charge < -0.3 is 20.3 Å². The lowest BCUT2D eigenvalue weighted by atomic mass is 10.2. The van der Waals surface area contributed by atoms with Crippen molar-refractivity contribution >= 4 is 111 Å². The molecule has 7 N–H and O–H groups in total. The standard InChI is InChI=1S/C33H30N10O17S5/c44-18-19-13-21(40-39-20-3-1-4-24(14-20)63(49,50)51)5-8-25(19)34-31-36-32(38-33(37-31)43-17-30(43)65(55,56)57)35-26-9-6-22(15-28(26)58-11-2-12-62(46,47)48)41-42-27-16-23(61-60-59-45)7-10-29(27)64(52,53)54/h1,3-10,13-16,18,30,45H,2,11-12,17H2,(H,46,47,48)(H,49,50,51)(H,52,53,54)(H,55,56,57)(H2,34,35,36,37,38). The van der Waals surface area contributed by atoms with Crippen molar-refractivity contribution in [3.63, 3.8) is 0 Å². The number of aromatic nitrogens is 3. The summed E-state index contributed by atoms with van der Waals surface area (Å²) in [5.41, 5.74) is -0.0543. The van der Waals surface area contributed by atoms with Gasteiger partial charge in [-0.05, 0) is 73.2 Å². The average molecular weight is 999 g/mol. The highest BCUT2D eigenvalue weighted by Gasteiger charge is 2.46. The van der Waals surface area contributed by atoms with Gasteiger partial charge in [0.15, 0.2) is 11.7 Å². The quantitative estimate of drug-likeness (QED) is 0.00685. The van der Waals surface area contributed by atoms with Crippen LogP contribution in [0.3, 0.4) is 0 Å². The number of carbonyl (C=O) groups is 1. The molecule has 0 spiro atoms. The molecule has 1 atom stereocenters. The maximum Gasteiger partial charge on any atom is 0.296 e. The first-order chi connectivity index (χ1) is 30.6. The van der Waals surface area contributed by atoms with Gasteiger partial charge in [0, 0.05) is 16.5 Å². The SMILES string of the molecule is O=Cc1cc(N=Nc2cccc(S(=O)(=O)O)c2)ccc1Nc1nc(Nc2ccc(N=Nc3cc(SOOO)ccc3S(=O)(=O)O)cc2OCCCS(=O)(=O)O)nc(N2CC2S(=O)(=O)O)n1. The molecule has 1 unspecified atom stereocenters. The van der Waals surface area contributed by atoms with Gasteiger partial charge in [0.2, 0.25) is 17.8 Å². The van der Waals surface area contributed by atoms with Crippen molar-refractivity contribution in [1.82, 2.24) is 15.0 Å². The number of nitrogens with zero attached hydrogens (tertiary/aromatic N) is 8. The van der Waals surface area contributed by atoms with E-state index in [-0.39, 0.29) is 87.8 Å². The van der Waals surface area contributed by atoms with E-state index >= 15 is 0 Å². The number of ether oxygens (including phenoxy) is 1. The van der Waals surface area contributed by atoms with Gasteiger partial charge >= 0.3 is 0 Å². The summed E-state index contributed by atoms with van der Waals surface area (Å²) in [5.74, 6) is -1.60. The molecule has 5 aromatic rings. The molecule has 1 aliphatic rings. The Labute approximate surface area is 371 Å². The van der Waals surface area contributed by atoms with E-state index in [0.29, 0.717) is 18.3 Å². The van der Waals surface area contributed by atoms with Crippen molar-refractivity contribution < 1.29 is 76.0 Å². The van der Waals surface area contributed by atoms with E-state index in [1.54, 1.807) is 0 Å². The summed E-state index contributed by atoms with van der Waals surface area (Å²) in [4.78, 5) is 25.2. The van der Waals surface area contributed by atoms with Crippen molar-refractivity contribution in [2.75, 3.05) is 34.4 Å². The Kier molecular flexibility index (Phi) is 14.8. The molecule has 27 nitrogen and oxygen atoms in total. The lowest BCUT2D eigenvalue weighted by molar-refractivity contribution is -0.432. The summed E-state index contributed by atoms with van der Waals surface area (Å²) >= 11 is 0.459. The third kappa shape index (κ3) is 13.7. The Balaban J connectivity index is 1.33. The van der Waals surface area contributed by atoms with Gasteiger partial charge in [-0.3, -0.25) is 23.0 Å². The number of azo groups is 2. The minimum Gasteiger partial charge on any atom is -0.491 e. The summed E-state index contributed by atoms with van der Waals surface area (Å²) in [6, 6.07) is 16.3. The van der Waals surface area contributed by atoms with Gasteiger partial charge in [-0.15, -0.1) is 9.45 Å². The number of anilines is 5. The van der Waals surface area contributed by atoms with E-state index in [4.69, 9.17) is 9.99 Å². The zero-order valence-corrected chi connectivity index (χ0v) is 36.3. The van der Waals surface area contributed by atoms with E-state index in [0.717, 1.165) is 29.2 Å². The van der Waals surface area contributed by atoms with Crippen LogP contribution >= 0.6 is 12.0 Å². The zero-order chi connectivity index (χ0) is 47.2. The van der Waals surface area contributed by atoms with Crippen molar-refractivity contribution in [2.45, 2.75) is 26.5 Å². The Hall–Kier alpha value is -6.17. The molecule has 0 saturated carbocycles. The molecule has 1 aliphatic heterocycles. The molecule has 1 aromatic heterocycles. The molecule has 2 heterocycles. The molecule has 32 heteroatoms. The van der Waals surface area contributed by atoms with Crippen LogP contribution in [0.5, 0.6) is 5.75 Å². The fourth-order valence-corrected chi connectivity index (χ4v) is 8.07. The van der Waals surface area contributed by atoms with Crippen LogP contribution in [-0.2, 0) is 49.8 Å². The number of nitrogens with one attached hydrogen (secondary N) is 2. The summed E-state index contributed by atoms with van der Waals surface area (Å²) in [6.07, 6.45) is 0.243. The molecule has 0 amide bonds. The maximum atomic E-state index is 12.2. The summed E-state index contributed by atoms with van der Waals surface area (Å²) in [7, 11) is -18.3. The lowest BCUT2D eigenvalue weighted by Gasteiger charge is -2.15. The smallest absolute Gasteiger partial charge is 0.296 e. The maximum absolute atomic E-state index is 12.2. The number of rotatable bonds is 21. The number of carbonyl (C=O) groups excluding carboxylic acids is 1. The Morgan fingerprint density at radius 1 is 0.754 bits per heavy atom. The topological polar surface area (TPSA) is 398 Å². The van der Waals surface area contributed by atoms with Crippen LogP contribution in [0.4, 0.5) is 52.0 Å². The van der Waals surface area contributed by atoms with Crippen molar-refractivity contribution in [1.29, 1.82) is 0 Å². The summed E-state index contributed by atoms with van der Waals surface area (Å²) < 4.78 is 142. The largest absolute Gasteiger partial charge is 0.491 e. The second-order valence-corrected chi connectivity index (χ2v) is 19.6. The second-order valence-electron chi connectivity index (χ2n) is 12.9. The predicted molar refractivity (Wildman–Crippen MR) is 225 cm³/mol. The third-order valence-corrected chi connectivity index (χ3v) is 12.5. The normalized spacial score (nSPS) is 14.5. The molecule has 4 aromatic carbocycles. The molecule has 1 saturated heterocycles. The van der Waals surface area contributed by atoms with Gasteiger partial charge in [0.1, 0.15) is 16.3 Å². The molecule has 344 valence electrons. The van der Waals surface area contributed by atoms with Gasteiger partial charge in [-0.25, -0.2) is 5.26 Å². The first-order valence-corrected chi connectivity index (χ1v) is 24.3. The number of hydrogen-bond acceptors (Lipinski definition) is 24. The average Bonchev–Trinajstić information content (AvgIpc) is 4.06. The van der Waals surface area contributed by atoms with Crippen molar-refractivity contribution in [3.05, 3.63) is 84.4 Å². The van der Waals surface area contributed by atoms with Crippen LogP contribution in [0.15, 0.2) is 114 Å². The Morgan fingerprint density at radius 2 is 1.40 bits per heavy atom. The fourth-order valence-electron chi connectivity index (χ4n) is 5.31. The van der Waals surface area contributed by atoms with E-state index in [9.17, 15) is 56.7 Å².